The highest BCUT2D eigenvalue weighted by Crippen LogP contribution is 2.20. The van der Waals surface area contributed by atoms with Gasteiger partial charge in [-0.1, -0.05) is 43.0 Å². The van der Waals surface area contributed by atoms with E-state index in [1.807, 2.05) is 54.6 Å². The second kappa shape index (κ2) is 6.75. The van der Waals surface area contributed by atoms with Crippen LogP contribution >= 0.6 is 0 Å². The molecule has 2 aromatic carbocycles. The number of ether oxygens (including phenoxy) is 2. The number of aliphatic imine (C=N–C) groups is 1. The first-order valence-electron chi connectivity index (χ1n) is 7.18. The fourth-order valence-corrected chi connectivity index (χ4v) is 2.09. The summed E-state index contributed by atoms with van der Waals surface area (Å²) in [6, 6.07) is 16.7. The molecule has 4 heteroatoms. The number of carbonyl (C=O) groups is 1. The van der Waals surface area contributed by atoms with E-state index >= 15 is 0 Å². The average Bonchev–Trinajstić information content (AvgIpc) is 2.96. The van der Waals surface area contributed by atoms with Crippen LogP contribution in [0.5, 0.6) is 5.75 Å². The number of rotatable bonds is 5. The average molecular weight is 305 g/mol. The lowest BCUT2D eigenvalue weighted by Crippen LogP contribution is -2.04. The predicted octanol–water partition coefficient (Wildman–Crippen LogP) is 3.60. The quantitative estimate of drug-likeness (QED) is 0.482. The summed E-state index contributed by atoms with van der Waals surface area (Å²) in [6.45, 7) is 4.06. The van der Waals surface area contributed by atoms with E-state index in [2.05, 4.69) is 11.6 Å². The molecular weight excluding hydrogens is 290 g/mol. The Morgan fingerprint density at radius 1 is 1.09 bits per heavy atom. The molecule has 114 valence electrons. The van der Waals surface area contributed by atoms with E-state index in [4.69, 9.17) is 9.47 Å². The van der Waals surface area contributed by atoms with Crippen LogP contribution in [0.25, 0.3) is 6.08 Å². The molecule has 0 bridgehead atoms. The van der Waals surface area contributed by atoms with Crippen LogP contribution in [0, 0.1) is 0 Å². The molecule has 1 aliphatic heterocycles. The van der Waals surface area contributed by atoms with Crippen molar-refractivity contribution in [2.75, 3.05) is 6.61 Å². The highest BCUT2D eigenvalue weighted by atomic mass is 16.6. The van der Waals surface area contributed by atoms with E-state index in [-0.39, 0.29) is 5.70 Å². The number of carbonyl (C=O) groups excluding carboxylic acids is 1. The lowest BCUT2D eigenvalue weighted by atomic mass is 10.2. The van der Waals surface area contributed by atoms with Crippen molar-refractivity contribution in [1.82, 2.24) is 0 Å². The van der Waals surface area contributed by atoms with E-state index in [1.165, 1.54) is 0 Å². The van der Waals surface area contributed by atoms with Gasteiger partial charge in [0.25, 0.3) is 0 Å². The summed E-state index contributed by atoms with van der Waals surface area (Å²) in [5.41, 5.74) is 1.90. The third-order valence-corrected chi connectivity index (χ3v) is 3.19. The van der Waals surface area contributed by atoms with E-state index in [0.29, 0.717) is 12.5 Å². The Hall–Kier alpha value is -3.14. The molecule has 0 aliphatic carbocycles. The molecule has 0 atom stereocenters. The van der Waals surface area contributed by atoms with Crippen LogP contribution in [0.3, 0.4) is 0 Å². The number of hydrogen-bond donors (Lipinski definition) is 0. The minimum Gasteiger partial charge on any atom is -0.490 e. The van der Waals surface area contributed by atoms with Crippen LogP contribution in [-0.2, 0) is 9.53 Å². The Morgan fingerprint density at radius 2 is 1.83 bits per heavy atom. The van der Waals surface area contributed by atoms with Crippen molar-refractivity contribution in [2.45, 2.75) is 0 Å². The van der Waals surface area contributed by atoms with Gasteiger partial charge in [0.15, 0.2) is 5.70 Å². The maximum atomic E-state index is 11.9. The summed E-state index contributed by atoms with van der Waals surface area (Å²) < 4.78 is 10.6. The smallest absolute Gasteiger partial charge is 0.363 e. The Kier molecular flexibility index (Phi) is 4.34. The lowest BCUT2D eigenvalue weighted by Gasteiger charge is -2.02. The molecule has 0 radical (unpaired) electrons. The molecule has 23 heavy (non-hydrogen) atoms. The molecule has 1 heterocycles. The first-order chi connectivity index (χ1) is 11.3. The van der Waals surface area contributed by atoms with E-state index in [1.54, 1.807) is 12.2 Å². The molecule has 3 rings (SSSR count). The first-order valence-corrected chi connectivity index (χ1v) is 7.18. The molecular formula is C19H15NO3. The summed E-state index contributed by atoms with van der Waals surface area (Å²) in [4.78, 5) is 16.2. The highest BCUT2D eigenvalue weighted by Gasteiger charge is 2.23. The number of cyclic esters (lactones) is 1. The van der Waals surface area contributed by atoms with Crippen LogP contribution in [0.2, 0.25) is 0 Å². The van der Waals surface area contributed by atoms with Crippen molar-refractivity contribution >= 4 is 17.9 Å². The molecule has 2 aromatic rings. The molecule has 1 aliphatic rings. The van der Waals surface area contributed by atoms with Gasteiger partial charge >= 0.3 is 5.97 Å². The van der Waals surface area contributed by atoms with Crippen molar-refractivity contribution in [3.05, 3.63) is 84.1 Å². The minimum absolute atomic E-state index is 0.281. The molecule has 0 aromatic heterocycles. The summed E-state index contributed by atoms with van der Waals surface area (Å²) in [7, 11) is 0. The van der Waals surface area contributed by atoms with Gasteiger partial charge in [0.2, 0.25) is 5.90 Å². The largest absolute Gasteiger partial charge is 0.490 e. The van der Waals surface area contributed by atoms with Crippen molar-refractivity contribution in [3.63, 3.8) is 0 Å². The van der Waals surface area contributed by atoms with E-state index in [0.717, 1.165) is 16.9 Å². The van der Waals surface area contributed by atoms with Gasteiger partial charge in [-0.15, -0.1) is 0 Å². The van der Waals surface area contributed by atoms with Crippen LogP contribution in [-0.4, -0.2) is 18.5 Å². The van der Waals surface area contributed by atoms with Crippen molar-refractivity contribution in [1.29, 1.82) is 0 Å². The van der Waals surface area contributed by atoms with Crippen molar-refractivity contribution in [2.24, 2.45) is 4.99 Å². The second-order valence-corrected chi connectivity index (χ2v) is 4.87. The standard InChI is InChI=1S/C19H15NO3/c1-2-12-22-16-10-8-14(9-11-16)13-17-19(21)23-18(20-17)15-6-4-3-5-7-15/h2-11,13H,1,12H2/b17-13+. The van der Waals surface area contributed by atoms with Crippen molar-refractivity contribution < 1.29 is 14.3 Å². The van der Waals surface area contributed by atoms with Gasteiger partial charge < -0.3 is 9.47 Å². The van der Waals surface area contributed by atoms with Gasteiger partial charge in [-0.05, 0) is 35.9 Å². The Morgan fingerprint density at radius 3 is 2.52 bits per heavy atom. The number of benzene rings is 2. The number of esters is 1. The molecule has 4 nitrogen and oxygen atoms in total. The van der Waals surface area contributed by atoms with Crippen LogP contribution in [0.1, 0.15) is 11.1 Å². The second-order valence-electron chi connectivity index (χ2n) is 4.87. The van der Waals surface area contributed by atoms with E-state index < -0.39 is 5.97 Å². The Bertz CT molecular complexity index is 774. The molecule has 0 fully saturated rings. The SMILES string of the molecule is C=CCOc1ccc(/C=C2/N=C(c3ccccc3)OC2=O)cc1. The highest BCUT2D eigenvalue weighted by molar-refractivity contribution is 6.12. The maximum absolute atomic E-state index is 11.9. The van der Waals surface area contributed by atoms with Gasteiger partial charge in [-0.25, -0.2) is 9.79 Å². The third kappa shape index (κ3) is 3.55. The fraction of sp³-hybridized carbons (Fsp3) is 0.0526. The van der Waals surface area contributed by atoms with Gasteiger partial charge in [-0.3, -0.25) is 0 Å². The normalized spacial score (nSPS) is 15.2. The van der Waals surface area contributed by atoms with Crippen LogP contribution in [0.4, 0.5) is 0 Å². The van der Waals surface area contributed by atoms with Crippen LogP contribution in [0.15, 0.2) is 77.9 Å². The fourth-order valence-electron chi connectivity index (χ4n) is 2.09. The molecule has 0 spiro atoms. The minimum atomic E-state index is -0.448. The molecule has 0 amide bonds. The predicted molar refractivity (Wildman–Crippen MR) is 89.2 cm³/mol. The lowest BCUT2D eigenvalue weighted by molar-refractivity contribution is -0.129. The summed E-state index contributed by atoms with van der Waals surface area (Å²) in [6.07, 6.45) is 3.37. The monoisotopic (exact) mass is 305 g/mol. The van der Waals surface area contributed by atoms with Gasteiger partial charge in [0.1, 0.15) is 12.4 Å². The summed E-state index contributed by atoms with van der Waals surface area (Å²) >= 11 is 0. The molecule has 0 unspecified atom stereocenters. The zero-order valence-corrected chi connectivity index (χ0v) is 12.4. The number of nitrogens with zero attached hydrogens (tertiary/aromatic N) is 1. The topological polar surface area (TPSA) is 47.9 Å². The Labute approximate surface area is 134 Å². The summed E-state index contributed by atoms with van der Waals surface area (Å²) in [5.74, 6) is 0.623. The van der Waals surface area contributed by atoms with Crippen molar-refractivity contribution in [3.8, 4) is 5.75 Å². The molecule has 0 N–H and O–H groups in total. The van der Waals surface area contributed by atoms with Gasteiger partial charge in [-0.2, -0.15) is 0 Å². The number of hydrogen-bond acceptors (Lipinski definition) is 4. The van der Waals surface area contributed by atoms with E-state index in [9.17, 15) is 4.79 Å². The van der Waals surface area contributed by atoms with Gasteiger partial charge in [0.05, 0.1) is 0 Å². The summed E-state index contributed by atoms with van der Waals surface area (Å²) in [5, 5.41) is 0. The maximum Gasteiger partial charge on any atom is 0.363 e. The Balaban J connectivity index is 1.80. The van der Waals surface area contributed by atoms with Gasteiger partial charge in [0, 0.05) is 5.56 Å². The third-order valence-electron chi connectivity index (χ3n) is 3.19. The molecule has 0 saturated heterocycles. The zero-order chi connectivity index (χ0) is 16.1. The molecule has 0 saturated carbocycles. The zero-order valence-electron chi connectivity index (χ0n) is 12.4. The first kappa shape index (κ1) is 14.8. The van der Waals surface area contributed by atoms with Crippen LogP contribution < -0.4 is 4.74 Å².